The molecule has 0 saturated heterocycles. The number of carbonyl (C=O) groups excluding carboxylic acids is 1. The molecular weight excluding hydrogens is 888 g/mol. The molecule has 0 aliphatic carbocycles. The third-order valence-corrected chi connectivity index (χ3v) is 13.6. The molecule has 0 aromatic rings. The Labute approximate surface area is 433 Å². The van der Waals surface area contributed by atoms with E-state index in [4.69, 9.17) is 9.05 Å². The number of likely N-dealkylation sites (N-methyl/N-ethyl adjacent to an activating group) is 1. The van der Waals surface area contributed by atoms with Crippen molar-refractivity contribution in [2.45, 2.75) is 257 Å². The van der Waals surface area contributed by atoms with Crippen LogP contribution < -0.4 is 10.2 Å². The van der Waals surface area contributed by atoms with Crippen molar-refractivity contribution >= 4 is 13.7 Å². The minimum absolute atomic E-state index is 0.0113. The van der Waals surface area contributed by atoms with E-state index in [1.54, 1.807) is 6.08 Å². The maximum absolute atomic E-state index is 13.0. The summed E-state index contributed by atoms with van der Waals surface area (Å²) in [5.74, 6) is -0.215. The van der Waals surface area contributed by atoms with Gasteiger partial charge in [-0.2, -0.15) is 0 Å². The Bertz CT molecular complexity index is 1410. The van der Waals surface area contributed by atoms with Gasteiger partial charge in [-0.1, -0.05) is 247 Å². The third-order valence-electron chi connectivity index (χ3n) is 12.6. The summed E-state index contributed by atoms with van der Waals surface area (Å²) in [6, 6.07) is -0.913. The van der Waals surface area contributed by atoms with Gasteiger partial charge in [-0.05, 0) is 77.0 Å². The molecule has 0 aliphatic rings. The molecule has 0 aromatic carbocycles. The van der Waals surface area contributed by atoms with Gasteiger partial charge < -0.3 is 28.8 Å². The lowest BCUT2D eigenvalue weighted by atomic mass is 10.0. The topological polar surface area (TPSA) is 108 Å². The number of aliphatic hydroxyl groups is 1. The Balaban J connectivity index is 4.29. The standard InChI is InChI=1S/C61H111N2O6P/c1-6-8-10-12-14-16-18-20-22-24-26-28-30-31-33-35-37-39-41-43-45-47-49-51-53-55-61(65)62-59(58-69-70(66,67)68-57-56-63(3,4)5)60(64)54-52-50-48-46-44-42-40-38-36-34-32-29-27-25-23-21-19-17-15-13-11-9-7-2/h8,10,14,16,20,22,26,28,31,33,44,46,52,54,59-60,64H,6-7,9,11-13,15,17-19,21,23-25,27,29-30,32,34-43,45,47-51,53,55-58H2,1-5H3,(H-,62,65,66,67)/b10-8-,16-14-,22-20-,28-26-,33-31-,46-44+,54-52+. The van der Waals surface area contributed by atoms with Gasteiger partial charge in [0.25, 0.3) is 7.82 Å². The number of phosphoric ester groups is 1. The predicted molar refractivity (Wildman–Crippen MR) is 302 cm³/mol. The molecule has 3 unspecified atom stereocenters. The minimum Gasteiger partial charge on any atom is -0.756 e. The number of unbranched alkanes of at least 4 members (excludes halogenated alkanes) is 27. The van der Waals surface area contributed by atoms with Crippen molar-refractivity contribution in [1.82, 2.24) is 5.32 Å². The van der Waals surface area contributed by atoms with Crippen LogP contribution in [0.4, 0.5) is 0 Å². The first-order chi connectivity index (χ1) is 34.0. The van der Waals surface area contributed by atoms with E-state index < -0.39 is 26.6 Å². The van der Waals surface area contributed by atoms with E-state index >= 15 is 0 Å². The molecule has 0 bridgehead atoms. The fourth-order valence-electron chi connectivity index (χ4n) is 8.08. The minimum atomic E-state index is -4.61. The van der Waals surface area contributed by atoms with Crippen molar-refractivity contribution in [3.05, 3.63) is 85.1 Å². The normalized spacial score (nSPS) is 14.6. The fraction of sp³-hybridized carbons (Fsp3) is 0.754. The number of hydrogen-bond acceptors (Lipinski definition) is 6. The predicted octanol–water partition coefficient (Wildman–Crippen LogP) is 17.0. The number of amides is 1. The van der Waals surface area contributed by atoms with E-state index in [1.165, 1.54) is 141 Å². The number of aliphatic hydroxyl groups excluding tert-OH is 1. The van der Waals surface area contributed by atoms with Crippen LogP contribution in [0.3, 0.4) is 0 Å². The van der Waals surface area contributed by atoms with Crippen LogP contribution in [-0.2, 0) is 18.4 Å². The molecule has 8 nitrogen and oxygen atoms in total. The number of nitrogens with one attached hydrogen (secondary N) is 1. The van der Waals surface area contributed by atoms with Gasteiger partial charge >= 0.3 is 0 Å². The maximum Gasteiger partial charge on any atom is 0.268 e. The van der Waals surface area contributed by atoms with Crippen LogP contribution in [0.2, 0.25) is 0 Å². The van der Waals surface area contributed by atoms with Gasteiger partial charge in [0, 0.05) is 6.42 Å². The van der Waals surface area contributed by atoms with Crippen LogP contribution in [0.15, 0.2) is 85.1 Å². The largest absolute Gasteiger partial charge is 0.756 e. The second kappa shape index (κ2) is 51.6. The van der Waals surface area contributed by atoms with E-state index in [9.17, 15) is 19.4 Å². The summed E-state index contributed by atoms with van der Waals surface area (Å²) in [6.07, 6.45) is 72.3. The second-order valence-electron chi connectivity index (χ2n) is 20.6. The summed E-state index contributed by atoms with van der Waals surface area (Å²) < 4.78 is 23.3. The molecule has 406 valence electrons. The van der Waals surface area contributed by atoms with E-state index in [1.807, 2.05) is 27.2 Å². The number of quaternary nitrogens is 1. The van der Waals surface area contributed by atoms with Gasteiger partial charge in [0.1, 0.15) is 13.2 Å². The molecular formula is C61H111N2O6P. The summed E-state index contributed by atoms with van der Waals surface area (Å²) >= 11 is 0. The highest BCUT2D eigenvalue weighted by atomic mass is 31.2. The van der Waals surface area contributed by atoms with Crippen LogP contribution >= 0.6 is 7.82 Å². The first-order valence-corrected chi connectivity index (χ1v) is 30.4. The fourth-order valence-corrected chi connectivity index (χ4v) is 8.80. The van der Waals surface area contributed by atoms with Gasteiger partial charge in [0.15, 0.2) is 0 Å². The Morgan fingerprint density at radius 1 is 0.514 bits per heavy atom. The van der Waals surface area contributed by atoms with Crippen molar-refractivity contribution in [1.29, 1.82) is 0 Å². The van der Waals surface area contributed by atoms with E-state index in [0.717, 1.165) is 83.5 Å². The Morgan fingerprint density at radius 2 is 0.886 bits per heavy atom. The highest BCUT2D eigenvalue weighted by Gasteiger charge is 2.23. The van der Waals surface area contributed by atoms with Crippen LogP contribution in [0.5, 0.6) is 0 Å². The van der Waals surface area contributed by atoms with Crippen molar-refractivity contribution in [3.8, 4) is 0 Å². The summed E-state index contributed by atoms with van der Waals surface area (Å²) in [7, 11) is 1.23. The van der Waals surface area contributed by atoms with Gasteiger partial charge in [-0.15, -0.1) is 0 Å². The molecule has 0 fully saturated rings. The van der Waals surface area contributed by atoms with E-state index in [0.29, 0.717) is 17.4 Å². The average molecular weight is 1000 g/mol. The van der Waals surface area contributed by atoms with Crippen LogP contribution in [0.25, 0.3) is 0 Å². The monoisotopic (exact) mass is 999 g/mol. The molecule has 0 aromatic heterocycles. The molecule has 70 heavy (non-hydrogen) atoms. The molecule has 0 spiro atoms. The van der Waals surface area contributed by atoms with Gasteiger partial charge in [-0.25, -0.2) is 0 Å². The first-order valence-electron chi connectivity index (χ1n) is 28.9. The Hall–Kier alpha value is -2.32. The van der Waals surface area contributed by atoms with Crippen LogP contribution in [0, 0.1) is 0 Å². The third kappa shape index (κ3) is 53.5. The van der Waals surface area contributed by atoms with Crippen LogP contribution in [-0.4, -0.2) is 68.5 Å². The zero-order valence-corrected chi connectivity index (χ0v) is 47.1. The summed E-state index contributed by atoms with van der Waals surface area (Å²) in [5, 5.41) is 13.9. The average Bonchev–Trinajstić information content (AvgIpc) is 3.32. The summed E-state index contributed by atoms with van der Waals surface area (Å²) in [5.41, 5.74) is 0. The first kappa shape index (κ1) is 67.7. The van der Waals surface area contributed by atoms with Gasteiger partial charge in [0.05, 0.1) is 39.9 Å². The van der Waals surface area contributed by atoms with Crippen LogP contribution in [0.1, 0.15) is 245 Å². The summed E-state index contributed by atoms with van der Waals surface area (Å²) in [6.45, 7) is 4.52. The quantitative estimate of drug-likeness (QED) is 0.0272. The lowest BCUT2D eigenvalue weighted by Crippen LogP contribution is -2.45. The van der Waals surface area contributed by atoms with Crippen molar-refractivity contribution < 1.29 is 32.9 Å². The number of rotatable bonds is 52. The highest BCUT2D eigenvalue weighted by Crippen LogP contribution is 2.38. The number of carbonyl (C=O) groups is 1. The zero-order valence-electron chi connectivity index (χ0n) is 46.2. The number of nitrogens with zero attached hydrogens (tertiary/aromatic N) is 1. The molecule has 0 heterocycles. The van der Waals surface area contributed by atoms with Crippen molar-refractivity contribution in [2.75, 3.05) is 40.9 Å². The SMILES string of the molecule is CC/C=C\C/C=C\C/C=C\C/C=C\C/C=C\CCCCCCCCCCCC(=O)NC(COP(=O)([O-])OCC[N+](C)(C)C)C(O)/C=C/CC/C=C/CCCCCCCCCCCCCCCCCCC. The second-order valence-corrected chi connectivity index (χ2v) is 22.0. The summed E-state index contributed by atoms with van der Waals surface area (Å²) in [4.78, 5) is 25.5. The Morgan fingerprint density at radius 3 is 1.33 bits per heavy atom. The van der Waals surface area contributed by atoms with Gasteiger partial charge in [0.2, 0.25) is 5.91 Å². The zero-order chi connectivity index (χ0) is 51.3. The molecule has 9 heteroatoms. The smallest absolute Gasteiger partial charge is 0.268 e. The molecule has 2 N–H and O–H groups in total. The number of allylic oxidation sites excluding steroid dienone is 13. The number of phosphoric acid groups is 1. The maximum atomic E-state index is 13.0. The lowest BCUT2D eigenvalue weighted by molar-refractivity contribution is -0.870. The van der Waals surface area contributed by atoms with Crippen molar-refractivity contribution in [2.24, 2.45) is 0 Å². The molecule has 0 rings (SSSR count). The molecule has 3 atom stereocenters. The van der Waals surface area contributed by atoms with E-state index in [2.05, 4.69) is 92.1 Å². The lowest BCUT2D eigenvalue weighted by Gasteiger charge is -2.29. The number of hydrogen-bond donors (Lipinski definition) is 2. The van der Waals surface area contributed by atoms with Crippen molar-refractivity contribution in [3.63, 3.8) is 0 Å². The molecule has 1 amide bonds. The molecule has 0 radical (unpaired) electrons. The van der Waals surface area contributed by atoms with Gasteiger partial charge in [-0.3, -0.25) is 9.36 Å². The molecule has 0 aliphatic heterocycles. The Kier molecular flexibility index (Phi) is 49.9. The molecule has 0 saturated carbocycles. The highest BCUT2D eigenvalue weighted by molar-refractivity contribution is 7.45. The van der Waals surface area contributed by atoms with E-state index in [-0.39, 0.29) is 12.5 Å².